The molecule has 1 aromatic heterocycles. The molecule has 0 saturated carbocycles. The van der Waals surface area contributed by atoms with Crippen LogP contribution < -0.4 is 10.3 Å². The maximum Gasteiger partial charge on any atom is 0.254 e. The maximum atomic E-state index is 12.1. The molecule has 4 heteroatoms. The van der Waals surface area contributed by atoms with Gasteiger partial charge in [-0.25, -0.2) is 4.98 Å². The number of nitrogens with zero attached hydrogens (tertiary/aromatic N) is 1. The minimum Gasteiger partial charge on any atom is -0.496 e. The van der Waals surface area contributed by atoms with E-state index < -0.39 is 0 Å². The Morgan fingerprint density at radius 2 is 1.85 bits per heavy atom. The van der Waals surface area contributed by atoms with Crippen molar-refractivity contribution in [2.75, 3.05) is 7.11 Å². The first kappa shape index (κ1) is 14.3. The van der Waals surface area contributed by atoms with Crippen molar-refractivity contribution in [3.8, 4) is 17.0 Å². The van der Waals surface area contributed by atoms with Crippen LogP contribution in [0.5, 0.6) is 5.75 Å². The minimum atomic E-state index is -0.219. The molecule has 0 aliphatic carbocycles. The predicted molar refractivity (Wildman–Crippen MR) is 80.3 cm³/mol. The highest BCUT2D eigenvalue weighted by molar-refractivity contribution is 5.69. The van der Waals surface area contributed by atoms with Crippen molar-refractivity contribution in [2.24, 2.45) is 0 Å². The summed E-state index contributed by atoms with van der Waals surface area (Å²) in [7, 11) is 1.62. The fraction of sp³-hybridized carbons (Fsp3) is 0.375. The summed E-state index contributed by atoms with van der Waals surface area (Å²) in [5.74, 6) is 1.39. The second-order valence-electron chi connectivity index (χ2n) is 5.84. The van der Waals surface area contributed by atoms with Crippen LogP contribution in [0.1, 0.15) is 32.2 Å². The Hall–Kier alpha value is -2.10. The van der Waals surface area contributed by atoms with Crippen LogP contribution in [0.4, 0.5) is 0 Å². The van der Waals surface area contributed by atoms with E-state index >= 15 is 0 Å². The number of hydrogen-bond acceptors (Lipinski definition) is 3. The number of ether oxygens (including phenoxy) is 1. The highest BCUT2D eigenvalue weighted by Gasteiger charge is 2.20. The lowest BCUT2D eigenvalue weighted by Crippen LogP contribution is -2.24. The number of methoxy groups -OCH3 is 1. The van der Waals surface area contributed by atoms with Gasteiger partial charge in [-0.2, -0.15) is 0 Å². The topological polar surface area (TPSA) is 55.0 Å². The minimum absolute atomic E-state index is 0.106. The predicted octanol–water partition coefficient (Wildman–Crippen LogP) is 3.05. The summed E-state index contributed by atoms with van der Waals surface area (Å²) in [6.45, 7) is 7.84. The van der Waals surface area contributed by atoms with Crippen molar-refractivity contribution in [3.05, 3.63) is 46.0 Å². The van der Waals surface area contributed by atoms with Crippen molar-refractivity contribution in [1.82, 2.24) is 9.97 Å². The van der Waals surface area contributed by atoms with Gasteiger partial charge in [0.05, 0.1) is 12.8 Å². The molecule has 0 aliphatic heterocycles. The summed E-state index contributed by atoms with van der Waals surface area (Å²) in [6.07, 6.45) is 0. The zero-order valence-electron chi connectivity index (χ0n) is 12.6. The largest absolute Gasteiger partial charge is 0.496 e. The Kier molecular flexibility index (Phi) is 3.66. The molecule has 0 radical (unpaired) electrons. The number of rotatable bonds is 2. The lowest BCUT2D eigenvalue weighted by Gasteiger charge is -2.19. The van der Waals surface area contributed by atoms with Gasteiger partial charge in [0.15, 0.2) is 0 Å². The Bertz CT molecular complexity index is 682. The van der Waals surface area contributed by atoms with Crippen LogP contribution in [-0.2, 0) is 5.41 Å². The Morgan fingerprint density at radius 1 is 1.20 bits per heavy atom. The molecule has 1 heterocycles. The Morgan fingerprint density at radius 3 is 2.45 bits per heavy atom. The summed E-state index contributed by atoms with van der Waals surface area (Å²) in [4.78, 5) is 19.6. The summed E-state index contributed by atoms with van der Waals surface area (Å²) in [6, 6.07) is 7.60. The molecule has 0 saturated heterocycles. The van der Waals surface area contributed by atoms with Crippen molar-refractivity contribution < 1.29 is 4.74 Å². The molecule has 0 aliphatic rings. The van der Waals surface area contributed by atoms with Crippen molar-refractivity contribution in [3.63, 3.8) is 0 Å². The lowest BCUT2D eigenvalue weighted by molar-refractivity contribution is 0.416. The number of aromatic nitrogens is 2. The third kappa shape index (κ3) is 2.59. The number of aromatic amines is 1. The number of benzene rings is 1. The fourth-order valence-electron chi connectivity index (χ4n) is 1.99. The van der Waals surface area contributed by atoms with Gasteiger partial charge >= 0.3 is 0 Å². The highest BCUT2D eigenvalue weighted by atomic mass is 16.5. The van der Waals surface area contributed by atoms with E-state index in [9.17, 15) is 4.79 Å². The monoisotopic (exact) mass is 272 g/mol. The molecular weight excluding hydrogens is 252 g/mol. The van der Waals surface area contributed by atoms with Gasteiger partial charge in [-0.15, -0.1) is 0 Å². The lowest BCUT2D eigenvalue weighted by atomic mass is 9.95. The fourth-order valence-corrected chi connectivity index (χ4v) is 1.99. The first-order valence-corrected chi connectivity index (χ1v) is 6.59. The highest BCUT2D eigenvalue weighted by Crippen LogP contribution is 2.30. The summed E-state index contributed by atoms with van der Waals surface area (Å²) in [5.41, 5.74) is 1.79. The van der Waals surface area contributed by atoms with Gasteiger partial charge < -0.3 is 9.72 Å². The van der Waals surface area contributed by atoms with E-state index in [0.29, 0.717) is 22.8 Å². The van der Waals surface area contributed by atoms with Crippen LogP contribution in [0, 0.1) is 6.92 Å². The van der Waals surface area contributed by atoms with Crippen LogP contribution in [0.2, 0.25) is 0 Å². The van der Waals surface area contributed by atoms with E-state index in [1.165, 1.54) is 0 Å². The molecule has 0 spiro atoms. The molecule has 2 aromatic rings. The van der Waals surface area contributed by atoms with E-state index in [4.69, 9.17) is 4.74 Å². The molecule has 20 heavy (non-hydrogen) atoms. The van der Waals surface area contributed by atoms with Gasteiger partial charge in [-0.05, 0) is 19.1 Å². The van der Waals surface area contributed by atoms with E-state index in [1.54, 1.807) is 14.0 Å². The van der Waals surface area contributed by atoms with Gasteiger partial charge in [0.1, 0.15) is 11.6 Å². The third-order valence-electron chi connectivity index (χ3n) is 3.22. The molecular formula is C16H20N2O2. The molecule has 0 unspecified atom stereocenters. The molecule has 0 bridgehead atoms. The van der Waals surface area contributed by atoms with E-state index in [-0.39, 0.29) is 11.0 Å². The van der Waals surface area contributed by atoms with Gasteiger partial charge in [0.2, 0.25) is 0 Å². The average molecular weight is 272 g/mol. The Labute approximate surface area is 118 Å². The molecule has 106 valence electrons. The molecule has 2 rings (SSSR count). The van der Waals surface area contributed by atoms with Crippen LogP contribution in [0.3, 0.4) is 0 Å². The van der Waals surface area contributed by atoms with Gasteiger partial charge in [0, 0.05) is 16.5 Å². The van der Waals surface area contributed by atoms with Crippen molar-refractivity contribution in [2.45, 2.75) is 33.1 Å². The standard InChI is InChI=1S/C16H20N2O2/c1-10-13(11-8-6-7-9-12(11)20-5)17-15(16(2,3)4)18-14(10)19/h6-9H,1-5H3,(H,17,18,19). The zero-order chi connectivity index (χ0) is 14.9. The second-order valence-corrected chi connectivity index (χ2v) is 5.84. The number of H-pyrrole nitrogens is 1. The summed E-state index contributed by atoms with van der Waals surface area (Å²) < 4.78 is 5.37. The summed E-state index contributed by atoms with van der Waals surface area (Å²) >= 11 is 0. The molecule has 1 aromatic carbocycles. The number of nitrogens with one attached hydrogen (secondary N) is 1. The van der Waals surface area contributed by atoms with Gasteiger partial charge in [-0.1, -0.05) is 32.9 Å². The smallest absolute Gasteiger partial charge is 0.254 e. The van der Waals surface area contributed by atoms with Crippen LogP contribution in [0.15, 0.2) is 29.1 Å². The SMILES string of the molecule is COc1ccccc1-c1nc(C(C)(C)C)[nH]c(=O)c1C. The molecule has 0 atom stereocenters. The number of para-hydroxylation sites is 1. The van der Waals surface area contributed by atoms with Crippen molar-refractivity contribution >= 4 is 0 Å². The zero-order valence-corrected chi connectivity index (χ0v) is 12.6. The maximum absolute atomic E-state index is 12.1. The van der Waals surface area contributed by atoms with Crippen molar-refractivity contribution in [1.29, 1.82) is 0 Å². The number of hydrogen-bond donors (Lipinski definition) is 1. The quantitative estimate of drug-likeness (QED) is 0.914. The summed E-state index contributed by atoms with van der Waals surface area (Å²) in [5, 5.41) is 0. The van der Waals surface area contributed by atoms with Crippen LogP contribution >= 0.6 is 0 Å². The van der Waals surface area contributed by atoms with E-state index in [1.807, 2.05) is 45.0 Å². The normalized spacial score (nSPS) is 11.4. The van der Waals surface area contributed by atoms with Crippen LogP contribution in [-0.4, -0.2) is 17.1 Å². The molecule has 0 fully saturated rings. The third-order valence-corrected chi connectivity index (χ3v) is 3.22. The van der Waals surface area contributed by atoms with Gasteiger partial charge in [-0.3, -0.25) is 4.79 Å². The van der Waals surface area contributed by atoms with Crippen LogP contribution in [0.25, 0.3) is 11.3 Å². The molecule has 1 N–H and O–H groups in total. The first-order chi connectivity index (χ1) is 9.34. The Balaban J connectivity index is 2.74. The van der Waals surface area contributed by atoms with Gasteiger partial charge in [0.25, 0.3) is 5.56 Å². The first-order valence-electron chi connectivity index (χ1n) is 6.59. The van der Waals surface area contributed by atoms with E-state index in [0.717, 1.165) is 5.56 Å². The molecule has 0 amide bonds. The molecule has 4 nitrogen and oxygen atoms in total. The second kappa shape index (κ2) is 5.12. The average Bonchev–Trinajstić information content (AvgIpc) is 2.40. The van der Waals surface area contributed by atoms with E-state index in [2.05, 4.69) is 9.97 Å².